The van der Waals surface area contributed by atoms with Crippen LogP contribution in [0.5, 0.6) is 0 Å². The van der Waals surface area contributed by atoms with Gasteiger partial charge in [-0.2, -0.15) is 0 Å². The van der Waals surface area contributed by atoms with Gasteiger partial charge in [-0.3, -0.25) is 4.79 Å². The van der Waals surface area contributed by atoms with Gasteiger partial charge in [-0.05, 0) is 13.1 Å². The van der Waals surface area contributed by atoms with E-state index < -0.39 is 11.6 Å². The van der Waals surface area contributed by atoms with Crippen LogP contribution in [0.1, 0.15) is 12.8 Å². The summed E-state index contributed by atoms with van der Waals surface area (Å²) in [6, 6.07) is 0. The molecule has 11 heavy (non-hydrogen) atoms. The van der Waals surface area contributed by atoms with Gasteiger partial charge >= 0.3 is 0 Å². The van der Waals surface area contributed by atoms with E-state index in [9.17, 15) is 9.18 Å². The first kappa shape index (κ1) is 10.7. The first-order chi connectivity index (χ1) is 4.65. The number of rotatable bonds is 1. The molecule has 0 spiro atoms. The Bertz CT molecular complexity index is 148. The third-order valence-electron chi connectivity index (χ3n) is 1.84. The van der Waals surface area contributed by atoms with Crippen LogP contribution in [0.2, 0.25) is 0 Å². The second kappa shape index (κ2) is 3.88. The maximum absolute atomic E-state index is 13.2. The van der Waals surface area contributed by atoms with E-state index in [4.69, 9.17) is 5.73 Å². The van der Waals surface area contributed by atoms with Gasteiger partial charge in [0.1, 0.15) is 0 Å². The molecule has 1 fully saturated rings. The lowest BCUT2D eigenvalue weighted by Gasteiger charge is -2.26. The van der Waals surface area contributed by atoms with E-state index in [0.717, 1.165) is 0 Å². The Kier molecular flexibility index (Phi) is 3.75. The summed E-state index contributed by atoms with van der Waals surface area (Å²) in [5, 5.41) is 2.95. The zero-order valence-corrected chi connectivity index (χ0v) is 6.92. The van der Waals surface area contributed by atoms with Crippen molar-refractivity contribution in [2.45, 2.75) is 18.5 Å². The Balaban J connectivity index is 0.000001000. The predicted molar refractivity (Wildman–Crippen MR) is 42.4 cm³/mol. The highest BCUT2D eigenvalue weighted by atomic mass is 35.5. The minimum atomic E-state index is -1.74. The lowest BCUT2D eigenvalue weighted by Crippen LogP contribution is -2.47. The highest BCUT2D eigenvalue weighted by Gasteiger charge is 2.37. The summed E-state index contributed by atoms with van der Waals surface area (Å²) < 4.78 is 13.2. The van der Waals surface area contributed by atoms with Crippen molar-refractivity contribution in [2.75, 3.05) is 13.1 Å². The standard InChI is InChI=1S/C6H11FN2O.ClH/c7-6(5(8)10)1-3-9-4-2-6;/h9H,1-4H2,(H2,8,10);1H. The van der Waals surface area contributed by atoms with Crippen LogP contribution >= 0.6 is 12.4 Å². The molecule has 3 nitrogen and oxygen atoms in total. The van der Waals surface area contributed by atoms with E-state index in [1.807, 2.05) is 0 Å². The van der Waals surface area contributed by atoms with E-state index in [2.05, 4.69) is 5.32 Å². The van der Waals surface area contributed by atoms with Crippen molar-refractivity contribution in [3.05, 3.63) is 0 Å². The zero-order valence-electron chi connectivity index (χ0n) is 6.10. The molecule has 1 heterocycles. The van der Waals surface area contributed by atoms with Gasteiger partial charge in [0, 0.05) is 12.8 Å². The molecule has 5 heteroatoms. The van der Waals surface area contributed by atoms with Crippen LogP contribution in [0.4, 0.5) is 4.39 Å². The average molecular weight is 183 g/mol. The molecule has 1 rings (SSSR count). The molecule has 1 aliphatic rings. The number of carbonyl (C=O) groups is 1. The third kappa shape index (κ3) is 2.31. The van der Waals surface area contributed by atoms with E-state index in [1.165, 1.54) is 0 Å². The van der Waals surface area contributed by atoms with Crippen molar-refractivity contribution in [1.82, 2.24) is 5.32 Å². The maximum Gasteiger partial charge on any atom is 0.255 e. The van der Waals surface area contributed by atoms with Crippen LogP contribution in [0.15, 0.2) is 0 Å². The fourth-order valence-electron chi connectivity index (χ4n) is 1.07. The highest BCUT2D eigenvalue weighted by Crippen LogP contribution is 2.21. The molecule has 0 aromatic heterocycles. The lowest BCUT2D eigenvalue weighted by molar-refractivity contribution is -0.131. The predicted octanol–water partition coefficient (Wildman–Crippen LogP) is -0.0148. The van der Waals surface area contributed by atoms with Crippen LogP contribution in [0, 0.1) is 0 Å². The molecular formula is C6H12ClFN2O. The zero-order chi connectivity index (χ0) is 7.61. The van der Waals surface area contributed by atoms with E-state index in [-0.39, 0.29) is 25.2 Å². The smallest absolute Gasteiger partial charge is 0.255 e. The normalized spacial score (nSPS) is 21.9. The quantitative estimate of drug-likeness (QED) is 0.599. The van der Waals surface area contributed by atoms with Crippen LogP contribution in [0.3, 0.4) is 0 Å². The molecule has 0 aromatic rings. The van der Waals surface area contributed by atoms with Crippen LogP contribution < -0.4 is 11.1 Å². The number of primary amides is 1. The summed E-state index contributed by atoms with van der Waals surface area (Å²) in [5.74, 6) is -0.825. The number of hydrogen-bond acceptors (Lipinski definition) is 2. The molecule has 1 saturated heterocycles. The molecule has 0 radical (unpaired) electrons. The van der Waals surface area contributed by atoms with Gasteiger partial charge in [0.15, 0.2) is 5.67 Å². The van der Waals surface area contributed by atoms with Crippen molar-refractivity contribution in [1.29, 1.82) is 0 Å². The van der Waals surface area contributed by atoms with Crippen molar-refractivity contribution in [3.63, 3.8) is 0 Å². The summed E-state index contributed by atoms with van der Waals surface area (Å²) in [5.41, 5.74) is 3.11. The lowest BCUT2D eigenvalue weighted by atomic mass is 9.94. The summed E-state index contributed by atoms with van der Waals surface area (Å²) in [4.78, 5) is 10.5. The fraction of sp³-hybridized carbons (Fsp3) is 0.833. The number of nitrogens with two attached hydrogens (primary N) is 1. The first-order valence-corrected chi connectivity index (χ1v) is 3.35. The van der Waals surface area contributed by atoms with Gasteiger partial charge in [-0.15, -0.1) is 12.4 Å². The number of nitrogens with one attached hydrogen (secondary N) is 1. The summed E-state index contributed by atoms with van der Waals surface area (Å²) >= 11 is 0. The largest absolute Gasteiger partial charge is 0.367 e. The SMILES string of the molecule is Cl.NC(=O)C1(F)CCNCC1. The number of piperidine rings is 1. The monoisotopic (exact) mass is 182 g/mol. The molecule has 0 aliphatic carbocycles. The third-order valence-corrected chi connectivity index (χ3v) is 1.84. The molecule has 66 valence electrons. The Morgan fingerprint density at radius 3 is 2.18 bits per heavy atom. The van der Waals surface area contributed by atoms with Crippen LogP contribution in [-0.2, 0) is 4.79 Å². The van der Waals surface area contributed by atoms with Gasteiger partial charge < -0.3 is 11.1 Å². The molecule has 3 N–H and O–H groups in total. The number of halogens is 2. The Labute approximate surface area is 70.9 Å². The summed E-state index contributed by atoms with van der Waals surface area (Å²) in [6.45, 7) is 1.08. The van der Waals surface area contributed by atoms with E-state index in [1.54, 1.807) is 0 Å². The fourth-order valence-corrected chi connectivity index (χ4v) is 1.07. The van der Waals surface area contributed by atoms with Gasteiger partial charge in [-0.25, -0.2) is 4.39 Å². The minimum Gasteiger partial charge on any atom is -0.367 e. The van der Waals surface area contributed by atoms with Crippen molar-refractivity contribution in [3.8, 4) is 0 Å². The van der Waals surface area contributed by atoms with Crippen molar-refractivity contribution >= 4 is 18.3 Å². The molecule has 0 unspecified atom stereocenters. The van der Waals surface area contributed by atoms with Gasteiger partial charge in [0.2, 0.25) is 0 Å². The molecule has 0 aromatic carbocycles. The minimum absolute atomic E-state index is 0. The molecule has 1 aliphatic heterocycles. The van der Waals surface area contributed by atoms with Crippen molar-refractivity contribution in [2.24, 2.45) is 5.73 Å². The number of amides is 1. The van der Waals surface area contributed by atoms with Gasteiger partial charge in [0.05, 0.1) is 0 Å². The van der Waals surface area contributed by atoms with Crippen LogP contribution in [0.25, 0.3) is 0 Å². The highest BCUT2D eigenvalue weighted by molar-refractivity contribution is 5.85. The average Bonchev–Trinajstić information content (AvgIpc) is 1.89. The number of alkyl halides is 1. The summed E-state index contributed by atoms with van der Waals surface area (Å²) in [6.07, 6.45) is 0.421. The van der Waals surface area contributed by atoms with Gasteiger partial charge in [0.25, 0.3) is 5.91 Å². The molecule has 1 amide bonds. The molecular weight excluding hydrogens is 171 g/mol. The second-order valence-electron chi connectivity index (χ2n) is 2.58. The number of hydrogen-bond donors (Lipinski definition) is 2. The Morgan fingerprint density at radius 1 is 1.45 bits per heavy atom. The van der Waals surface area contributed by atoms with Crippen LogP contribution in [-0.4, -0.2) is 24.7 Å². The van der Waals surface area contributed by atoms with E-state index >= 15 is 0 Å². The molecule has 0 atom stereocenters. The topological polar surface area (TPSA) is 55.1 Å². The Hall–Kier alpha value is -0.350. The second-order valence-corrected chi connectivity index (χ2v) is 2.58. The maximum atomic E-state index is 13.2. The van der Waals surface area contributed by atoms with E-state index in [0.29, 0.717) is 13.1 Å². The van der Waals surface area contributed by atoms with Crippen molar-refractivity contribution < 1.29 is 9.18 Å². The summed E-state index contributed by atoms with van der Waals surface area (Å²) in [7, 11) is 0. The number of carbonyl (C=O) groups excluding carboxylic acids is 1. The Morgan fingerprint density at radius 2 is 1.91 bits per heavy atom. The van der Waals surface area contributed by atoms with Gasteiger partial charge in [-0.1, -0.05) is 0 Å². The molecule has 0 saturated carbocycles. The molecule has 0 bridgehead atoms. The first-order valence-electron chi connectivity index (χ1n) is 3.35.